The topological polar surface area (TPSA) is 46.6 Å². The highest BCUT2D eigenvalue weighted by molar-refractivity contribution is 6.39. The van der Waals surface area contributed by atoms with Gasteiger partial charge in [-0.3, -0.25) is 9.59 Å². The Labute approximate surface area is 149 Å². The molecule has 0 spiro atoms. The van der Waals surface area contributed by atoms with Gasteiger partial charge in [0, 0.05) is 6.07 Å². The van der Waals surface area contributed by atoms with Crippen molar-refractivity contribution >= 4 is 40.7 Å². The highest BCUT2D eigenvalue weighted by Crippen LogP contribution is 2.37. The van der Waals surface area contributed by atoms with Gasteiger partial charge in [0.15, 0.2) is 0 Å². The number of rotatable bonds is 4. The summed E-state index contributed by atoms with van der Waals surface area (Å²) in [6, 6.07) is 9.20. The minimum absolute atomic E-state index is 0.0483. The first-order chi connectivity index (χ1) is 11.7. The number of alkyl halides is 4. The van der Waals surface area contributed by atoms with Crippen molar-refractivity contribution in [3.8, 4) is 5.75 Å². The van der Waals surface area contributed by atoms with Crippen LogP contribution in [0.1, 0.15) is 20.7 Å². The van der Waals surface area contributed by atoms with Crippen molar-refractivity contribution in [2.24, 2.45) is 0 Å². The van der Waals surface area contributed by atoms with Crippen molar-refractivity contribution in [1.82, 2.24) is 0 Å². The Hall–Kier alpha value is -2.25. The molecule has 2 amide bonds. The van der Waals surface area contributed by atoms with Gasteiger partial charge in [-0.05, 0) is 24.3 Å². The van der Waals surface area contributed by atoms with E-state index in [0.29, 0.717) is 0 Å². The van der Waals surface area contributed by atoms with Crippen molar-refractivity contribution in [3.63, 3.8) is 0 Å². The highest BCUT2D eigenvalue weighted by Gasteiger charge is 2.43. The van der Waals surface area contributed by atoms with E-state index in [-0.39, 0.29) is 21.8 Å². The quantitative estimate of drug-likeness (QED) is 0.564. The van der Waals surface area contributed by atoms with Crippen LogP contribution in [0.5, 0.6) is 5.75 Å². The Kier molecular flexibility index (Phi) is 4.38. The largest absolute Gasteiger partial charge is 0.444 e. The number of ether oxygens (including phenoxy) is 1. The summed E-state index contributed by atoms with van der Waals surface area (Å²) in [5, 5.41) is -0.0483. The molecule has 2 aromatic carbocycles. The molecule has 0 saturated carbocycles. The third kappa shape index (κ3) is 3.05. The van der Waals surface area contributed by atoms with Crippen molar-refractivity contribution in [3.05, 3.63) is 58.6 Å². The molecule has 2 aromatic rings. The summed E-state index contributed by atoms with van der Waals surface area (Å²) >= 11 is 10.7. The lowest BCUT2D eigenvalue weighted by molar-refractivity contribution is -0.199. The fourth-order valence-electron chi connectivity index (χ4n) is 2.34. The summed E-state index contributed by atoms with van der Waals surface area (Å²) in [6.07, 6.45) is -4.30. The van der Waals surface area contributed by atoms with Gasteiger partial charge >= 0.3 is 6.11 Å². The zero-order chi connectivity index (χ0) is 18.4. The Bertz CT molecular complexity index is 838. The number of imide groups is 1. The number of nitrogens with zero attached hydrogens (tertiary/aromatic N) is 1. The van der Waals surface area contributed by atoms with Gasteiger partial charge in [-0.2, -0.15) is 8.78 Å². The molecule has 1 aliphatic heterocycles. The molecule has 0 aromatic heterocycles. The Morgan fingerprint density at radius 2 is 1.60 bits per heavy atom. The van der Waals surface area contributed by atoms with E-state index in [0.717, 1.165) is 23.1 Å². The van der Waals surface area contributed by atoms with Crippen molar-refractivity contribution in [2.45, 2.75) is 11.7 Å². The number of hydrogen-bond donors (Lipinski definition) is 0. The number of carbonyl (C=O) groups excluding carboxylic acids is 2. The van der Waals surface area contributed by atoms with Crippen molar-refractivity contribution in [1.29, 1.82) is 0 Å². The fraction of sp³-hybridized carbons (Fsp3) is 0.125. The normalized spacial score (nSPS) is 15.3. The molecule has 0 radical (unpaired) electrons. The van der Waals surface area contributed by atoms with Crippen LogP contribution >= 0.6 is 23.2 Å². The number of fused-ring (bicyclic) bond motifs is 1. The minimum atomic E-state index is -4.30. The second-order valence-electron chi connectivity index (χ2n) is 5.07. The van der Waals surface area contributed by atoms with Crippen LogP contribution < -0.4 is 9.64 Å². The number of hydrogen-bond acceptors (Lipinski definition) is 3. The number of benzene rings is 2. The van der Waals surface area contributed by atoms with E-state index >= 15 is 0 Å². The third-order valence-corrected chi connectivity index (χ3v) is 4.03. The van der Waals surface area contributed by atoms with E-state index in [4.69, 9.17) is 23.2 Å². The van der Waals surface area contributed by atoms with Gasteiger partial charge in [0.05, 0.1) is 21.8 Å². The molecule has 0 saturated heterocycles. The van der Waals surface area contributed by atoms with Gasteiger partial charge in [0.2, 0.25) is 0 Å². The molecule has 1 atom stereocenters. The Balaban J connectivity index is 2.00. The maximum Gasteiger partial charge on any atom is 0.444 e. The van der Waals surface area contributed by atoms with Crippen LogP contribution in [-0.4, -0.2) is 23.6 Å². The first kappa shape index (κ1) is 17.6. The molecular weight excluding hydrogens is 382 g/mol. The van der Waals surface area contributed by atoms with Gasteiger partial charge in [0.1, 0.15) is 5.75 Å². The van der Waals surface area contributed by atoms with Crippen LogP contribution in [0.15, 0.2) is 42.5 Å². The van der Waals surface area contributed by atoms with Crippen LogP contribution in [0.3, 0.4) is 0 Å². The average Bonchev–Trinajstić information content (AvgIpc) is 2.81. The van der Waals surface area contributed by atoms with E-state index < -0.39 is 29.3 Å². The summed E-state index contributed by atoms with van der Waals surface area (Å²) in [5.41, 5.74) is -2.92. The lowest BCUT2D eigenvalue weighted by Gasteiger charge is -2.20. The van der Waals surface area contributed by atoms with Gasteiger partial charge < -0.3 is 4.74 Å². The van der Waals surface area contributed by atoms with Crippen LogP contribution in [0.25, 0.3) is 0 Å². The Morgan fingerprint density at radius 1 is 1.04 bits per heavy atom. The summed E-state index contributed by atoms with van der Waals surface area (Å²) in [5.74, 6) is -1.83. The molecular formula is C16H8Cl2F3NO3. The summed E-state index contributed by atoms with van der Waals surface area (Å²) in [7, 11) is 0. The minimum Gasteiger partial charge on any atom is -0.429 e. The zero-order valence-electron chi connectivity index (χ0n) is 12.2. The first-order valence-corrected chi connectivity index (χ1v) is 7.66. The summed E-state index contributed by atoms with van der Waals surface area (Å²) in [6.45, 7) is 0. The molecule has 25 heavy (non-hydrogen) atoms. The lowest BCUT2D eigenvalue weighted by Crippen LogP contribution is -2.33. The second kappa shape index (κ2) is 6.24. The monoisotopic (exact) mass is 389 g/mol. The molecule has 0 N–H and O–H groups in total. The molecule has 0 aliphatic carbocycles. The standard InChI is InChI=1S/C16H8Cl2F3NO3/c17-11-6-5-8(25-16(20,21)15(18)19)7-12(11)22-13(23)9-3-1-2-4-10(9)14(22)24/h1-7,15H. The van der Waals surface area contributed by atoms with Crippen molar-refractivity contribution < 1.29 is 27.5 Å². The number of anilines is 1. The third-order valence-electron chi connectivity index (χ3n) is 3.46. The predicted octanol–water partition coefficient (Wildman–Crippen LogP) is 4.65. The number of carbonyl (C=O) groups is 2. The van der Waals surface area contributed by atoms with Crippen LogP contribution in [0.2, 0.25) is 5.02 Å². The molecule has 1 aliphatic rings. The number of amides is 2. The molecule has 3 rings (SSSR count). The SMILES string of the molecule is O=C1c2ccccc2C(=O)N1c1cc(OC(F)(F)C(F)Cl)ccc1Cl. The van der Waals surface area contributed by atoms with Gasteiger partial charge in [0.25, 0.3) is 17.4 Å². The predicted molar refractivity (Wildman–Crippen MR) is 85.4 cm³/mol. The molecule has 0 bridgehead atoms. The van der Waals surface area contributed by atoms with E-state index in [1.165, 1.54) is 12.1 Å². The second-order valence-corrected chi connectivity index (χ2v) is 5.86. The summed E-state index contributed by atoms with van der Waals surface area (Å²) < 4.78 is 43.5. The van der Waals surface area contributed by atoms with Crippen LogP contribution in [-0.2, 0) is 0 Å². The van der Waals surface area contributed by atoms with E-state index in [9.17, 15) is 22.8 Å². The lowest BCUT2D eigenvalue weighted by atomic mass is 10.1. The maximum absolute atomic E-state index is 13.3. The summed E-state index contributed by atoms with van der Waals surface area (Å²) in [4.78, 5) is 25.6. The Morgan fingerprint density at radius 3 is 2.12 bits per heavy atom. The van der Waals surface area contributed by atoms with E-state index in [1.807, 2.05) is 0 Å². The molecule has 130 valence electrons. The van der Waals surface area contributed by atoms with Crippen LogP contribution in [0, 0.1) is 0 Å². The first-order valence-electron chi connectivity index (χ1n) is 6.84. The van der Waals surface area contributed by atoms with Crippen molar-refractivity contribution in [2.75, 3.05) is 4.90 Å². The smallest absolute Gasteiger partial charge is 0.429 e. The fourth-order valence-corrected chi connectivity index (χ4v) is 2.58. The van der Waals surface area contributed by atoms with E-state index in [1.54, 1.807) is 12.1 Å². The van der Waals surface area contributed by atoms with Crippen LogP contribution in [0.4, 0.5) is 18.9 Å². The molecule has 0 fully saturated rings. The molecule has 1 heterocycles. The average molecular weight is 390 g/mol. The van der Waals surface area contributed by atoms with E-state index in [2.05, 4.69) is 4.74 Å². The highest BCUT2D eigenvalue weighted by atomic mass is 35.5. The zero-order valence-corrected chi connectivity index (χ0v) is 13.7. The van der Waals surface area contributed by atoms with Gasteiger partial charge in [-0.1, -0.05) is 35.3 Å². The molecule has 1 unspecified atom stereocenters. The van der Waals surface area contributed by atoms with Gasteiger partial charge in [-0.25, -0.2) is 9.29 Å². The van der Waals surface area contributed by atoms with Gasteiger partial charge in [-0.15, -0.1) is 0 Å². The maximum atomic E-state index is 13.3. The number of halogens is 5. The molecule has 9 heteroatoms. The molecule has 4 nitrogen and oxygen atoms in total.